The molecule has 0 aliphatic rings. The molecule has 0 saturated heterocycles. The van der Waals surface area contributed by atoms with Crippen molar-refractivity contribution in [3.63, 3.8) is 0 Å². The molecule has 4 aromatic rings. The molecule has 7 nitrogen and oxygen atoms in total. The van der Waals surface area contributed by atoms with Crippen LogP contribution in [-0.4, -0.2) is 30.8 Å². The maximum Gasteiger partial charge on any atom is 0.262 e. The minimum absolute atomic E-state index is 0.128. The van der Waals surface area contributed by atoms with Gasteiger partial charge in [-0.2, -0.15) is 5.10 Å². The molecule has 0 saturated carbocycles. The van der Waals surface area contributed by atoms with E-state index in [-0.39, 0.29) is 12.5 Å². The Morgan fingerprint density at radius 3 is 2.78 bits per heavy atom. The molecule has 1 heterocycles. The maximum absolute atomic E-state index is 12.2. The molecule has 4 rings (SSSR count). The topological polar surface area (TPSA) is 84.8 Å². The van der Waals surface area contributed by atoms with Gasteiger partial charge in [-0.3, -0.25) is 10.2 Å². The molecule has 0 aliphatic heterocycles. The maximum atomic E-state index is 12.2. The molecule has 0 unspecified atom stereocenters. The Morgan fingerprint density at radius 2 is 1.97 bits per heavy atom. The molecule has 0 fully saturated rings. The Kier molecular flexibility index (Phi) is 6.62. The number of fused-ring (bicyclic) bond motifs is 1. The van der Waals surface area contributed by atoms with Gasteiger partial charge in [0.25, 0.3) is 5.91 Å². The molecule has 162 valence electrons. The van der Waals surface area contributed by atoms with Crippen LogP contribution in [0.4, 0.5) is 10.8 Å². The van der Waals surface area contributed by atoms with Crippen LogP contribution in [0, 0.1) is 6.92 Å². The molecule has 0 bridgehead atoms. The first-order valence-corrected chi connectivity index (χ1v) is 10.7. The van der Waals surface area contributed by atoms with Crippen molar-refractivity contribution in [1.82, 2.24) is 4.98 Å². The second-order valence-corrected chi connectivity index (χ2v) is 8.00. The summed E-state index contributed by atoms with van der Waals surface area (Å²) in [6, 6.07) is 20.9. The molecule has 0 atom stereocenters. The van der Waals surface area contributed by atoms with Crippen LogP contribution in [0.1, 0.15) is 11.1 Å². The van der Waals surface area contributed by atoms with E-state index in [9.17, 15) is 4.79 Å². The number of rotatable bonds is 8. The van der Waals surface area contributed by atoms with Crippen LogP contribution < -0.4 is 20.2 Å². The number of hydrogen-bond donors (Lipinski definition) is 2. The molecule has 1 amide bonds. The van der Waals surface area contributed by atoms with E-state index in [2.05, 4.69) is 20.8 Å². The number of amides is 1. The number of aromatic nitrogens is 1. The highest BCUT2D eigenvalue weighted by Gasteiger charge is 2.09. The smallest absolute Gasteiger partial charge is 0.262 e. The van der Waals surface area contributed by atoms with Crippen LogP contribution in [0.15, 0.2) is 71.8 Å². The SMILES string of the molecule is COc1cc(C=NNc2nc3ccccc3s2)ccc1OCC(=O)Nc1cccc(C)c1. The first-order chi connectivity index (χ1) is 15.6. The highest BCUT2D eigenvalue weighted by atomic mass is 32.1. The highest BCUT2D eigenvalue weighted by Crippen LogP contribution is 2.28. The number of anilines is 2. The minimum atomic E-state index is -0.247. The van der Waals surface area contributed by atoms with E-state index in [0.29, 0.717) is 16.6 Å². The Hall–Kier alpha value is -3.91. The van der Waals surface area contributed by atoms with Gasteiger partial charge in [0.1, 0.15) is 0 Å². The number of benzene rings is 3. The Bertz CT molecular complexity index is 1240. The average molecular weight is 447 g/mol. The molecule has 0 aliphatic carbocycles. The van der Waals surface area contributed by atoms with Crippen LogP contribution in [0.3, 0.4) is 0 Å². The Morgan fingerprint density at radius 1 is 1.09 bits per heavy atom. The van der Waals surface area contributed by atoms with Crippen molar-refractivity contribution in [2.45, 2.75) is 6.92 Å². The number of methoxy groups -OCH3 is 1. The summed E-state index contributed by atoms with van der Waals surface area (Å²) in [7, 11) is 1.55. The van der Waals surface area contributed by atoms with Gasteiger partial charge < -0.3 is 14.8 Å². The van der Waals surface area contributed by atoms with Gasteiger partial charge >= 0.3 is 0 Å². The van der Waals surface area contributed by atoms with Crippen LogP contribution in [0.5, 0.6) is 11.5 Å². The number of carbonyl (C=O) groups excluding carboxylic acids is 1. The van der Waals surface area contributed by atoms with Gasteiger partial charge in [0.15, 0.2) is 18.1 Å². The molecule has 8 heteroatoms. The predicted octanol–water partition coefficient (Wildman–Crippen LogP) is 5.08. The third-order valence-corrected chi connectivity index (χ3v) is 5.46. The first kappa shape index (κ1) is 21.3. The number of carbonyl (C=O) groups is 1. The van der Waals surface area contributed by atoms with Crippen molar-refractivity contribution in [2.24, 2.45) is 5.10 Å². The van der Waals surface area contributed by atoms with Crippen LogP contribution >= 0.6 is 11.3 Å². The molecule has 32 heavy (non-hydrogen) atoms. The van der Waals surface area contributed by atoms with Gasteiger partial charge in [0, 0.05) is 5.69 Å². The van der Waals surface area contributed by atoms with E-state index in [1.807, 2.05) is 61.5 Å². The van der Waals surface area contributed by atoms with Crippen molar-refractivity contribution >= 4 is 44.5 Å². The van der Waals surface area contributed by atoms with Crippen molar-refractivity contribution < 1.29 is 14.3 Å². The fourth-order valence-corrected chi connectivity index (χ4v) is 3.84. The summed E-state index contributed by atoms with van der Waals surface area (Å²) in [4.78, 5) is 16.7. The zero-order chi connectivity index (χ0) is 22.3. The second-order valence-electron chi connectivity index (χ2n) is 6.97. The number of nitrogens with one attached hydrogen (secondary N) is 2. The summed E-state index contributed by atoms with van der Waals surface area (Å²) >= 11 is 1.53. The number of aryl methyl sites for hydroxylation is 1. The summed E-state index contributed by atoms with van der Waals surface area (Å²) in [5, 5.41) is 7.79. The molecule has 3 aromatic carbocycles. The quantitative estimate of drug-likeness (QED) is 0.291. The fraction of sp³-hybridized carbons (Fsp3) is 0.125. The van der Waals surface area contributed by atoms with Crippen LogP contribution in [0.2, 0.25) is 0 Å². The van der Waals surface area contributed by atoms with Crippen molar-refractivity contribution in [3.8, 4) is 11.5 Å². The third-order valence-electron chi connectivity index (χ3n) is 4.52. The molecular formula is C24H22N4O3S. The number of ether oxygens (including phenoxy) is 2. The van der Waals surface area contributed by atoms with E-state index in [4.69, 9.17) is 9.47 Å². The lowest BCUT2D eigenvalue weighted by atomic mass is 10.2. The lowest BCUT2D eigenvalue weighted by molar-refractivity contribution is -0.118. The highest BCUT2D eigenvalue weighted by molar-refractivity contribution is 7.22. The van der Waals surface area contributed by atoms with Gasteiger partial charge in [-0.15, -0.1) is 0 Å². The van der Waals surface area contributed by atoms with Crippen molar-refractivity contribution in [2.75, 3.05) is 24.5 Å². The van der Waals surface area contributed by atoms with Crippen LogP contribution in [-0.2, 0) is 4.79 Å². The number of para-hydroxylation sites is 1. The molecule has 0 radical (unpaired) electrons. The van der Waals surface area contributed by atoms with Gasteiger partial charge in [-0.1, -0.05) is 35.6 Å². The Balaban J connectivity index is 1.35. The Labute approximate surface area is 189 Å². The van der Waals surface area contributed by atoms with Crippen molar-refractivity contribution in [1.29, 1.82) is 0 Å². The van der Waals surface area contributed by atoms with Crippen LogP contribution in [0.25, 0.3) is 10.2 Å². The monoisotopic (exact) mass is 446 g/mol. The van der Waals surface area contributed by atoms with Gasteiger partial charge in [-0.25, -0.2) is 4.98 Å². The lowest BCUT2D eigenvalue weighted by Gasteiger charge is -2.11. The van der Waals surface area contributed by atoms with E-state index in [1.165, 1.54) is 11.3 Å². The summed E-state index contributed by atoms with van der Waals surface area (Å²) in [6.45, 7) is 1.84. The minimum Gasteiger partial charge on any atom is -0.493 e. The number of hydrogen-bond acceptors (Lipinski definition) is 7. The largest absolute Gasteiger partial charge is 0.493 e. The standard InChI is InChI=1S/C24H22N4O3S/c1-16-6-5-7-18(12-16)26-23(29)15-31-20-11-10-17(13-21(20)30-2)14-25-28-24-27-19-8-3-4-9-22(19)32-24/h3-14H,15H2,1-2H3,(H,26,29)(H,27,28). The third kappa shape index (κ3) is 5.41. The summed E-state index contributed by atoms with van der Waals surface area (Å²) < 4.78 is 12.2. The number of thiazole rings is 1. The molecule has 1 aromatic heterocycles. The van der Waals surface area contributed by atoms with Crippen molar-refractivity contribution in [3.05, 3.63) is 77.9 Å². The number of hydrazone groups is 1. The molecule has 2 N–H and O–H groups in total. The predicted molar refractivity (Wildman–Crippen MR) is 129 cm³/mol. The lowest BCUT2D eigenvalue weighted by Crippen LogP contribution is -2.20. The van der Waals surface area contributed by atoms with Gasteiger partial charge in [0.2, 0.25) is 5.13 Å². The zero-order valence-corrected chi connectivity index (χ0v) is 18.5. The summed E-state index contributed by atoms with van der Waals surface area (Å²) in [6.07, 6.45) is 1.67. The van der Waals surface area contributed by atoms with E-state index in [1.54, 1.807) is 25.5 Å². The van der Waals surface area contributed by atoms with E-state index >= 15 is 0 Å². The molecule has 0 spiro atoms. The summed E-state index contributed by atoms with van der Waals surface area (Å²) in [5.41, 5.74) is 6.50. The first-order valence-electron chi connectivity index (χ1n) is 9.93. The van der Waals surface area contributed by atoms with Gasteiger partial charge in [0.05, 0.1) is 23.5 Å². The van der Waals surface area contributed by atoms with E-state index in [0.717, 1.165) is 27.0 Å². The normalized spacial score (nSPS) is 10.9. The van der Waals surface area contributed by atoms with Gasteiger partial charge in [-0.05, 0) is 60.5 Å². The second kappa shape index (κ2) is 9.93. The summed E-state index contributed by atoms with van der Waals surface area (Å²) in [5.74, 6) is 0.740. The zero-order valence-electron chi connectivity index (χ0n) is 17.7. The number of nitrogens with zero attached hydrogens (tertiary/aromatic N) is 2. The average Bonchev–Trinajstić information content (AvgIpc) is 3.21. The fourth-order valence-electron chi connectivity index (χ4n) is 3.03. The molecular weight excluding hydrogens is 424 g/mol. The van der Waals surface area contributed by atoms with E-state index < -0.39 is 0 Å².